The average Bonchev–Trinajstić information content (AvgIpc) is 2.87. The van der Waals surface area contributed by atoms with Crippen molar-refractivity contribution in [2.75, 3.05) is 7.11 Å². The Hall–Kier alpha value is -1.41. The highest BCUT2D eigenvalue weighted by molar-refractivity contribution is 7.89. The van der Waals surface area contributed by atoms with Crippen LogP contribution in [0.15, 0.2) is 34.5 Å². The van der Waals surface area contributed by atoms with Crippen molar-refractivity contribution in [1.29, 1.82) is 0 Å². The molecule has 0 saturated carbocycles. The van der Waals surface area contributed by atoms with Crippen LogP contribution in [-0.2, 0) is 23.1 Å². The molecular weight excluding hydrogens is 298 g/mol. The van der Waals surface area contributed by atoms with Crippen LogP contribution in [0.5, 0.6) is 5.75 Å². The summed E-state index contributed by atoms with van der Waals surface area (Å²) in [6.07, 6.45) is 0.551. The average molecular weight is 313 g/mol. The third kappa shape index (κ3) is 3.37. The summed E-state index contributed by atoms with van der Waals surface area (Å²) in [5.41, 5.74) is 1.69. The number of hydrogen-bond donors (Lipinski definition) is 2. The second-order valence-electron chi connectivity index (χ2n) is 4.27. The van der Waals surface area contributed by atoms with E-state index in [1.54, 1.807) is 19.2 Å². The number of rotatable bonds is 5. The summed E-state index contributed by atoms with van der Waals surface area (Å²) in [5, 5.41) is 15.7. The lowest BCUT2D eigenvalue weighted by molar-refractivity contribution is 0.281. The quantitative estimate of drug-likeness (QED) is 0.875. The molecule has 3 N–H and O–H groups in total. The second-order valence-corrected chi connectivity index (χ2v) is 6.83. The van der Waals surface area contributed by atoms with E-state index in [0.717, 1.165) is 16.0 Å². The Morgan fingerprint density at radius 2 is 2.10 bits per heavy atom. The first kappa shape index (κ1) is 15.0. The van der Waals surface area contributed by atoms with Gasteiger partial charge in [0.1, 0.15) is 5.75 Å². The van der Waals surface area contributed by atoms with E-state index in [2.05, 4.69) is 0 Å². The van der Waals surface area contributed by atoms with Crippen LogP contribution < -0.4 is 9.88 Å². The monoisotopic (exact) mass is 313 g/mol. The molecule has 7 heteroatoms. The maximum Gasteiger partial charge on any atom is 0.238 e. The first-order valence-electron chi connectivity index (χ1n) is 5.81. The van der Waals surface area contributed by atoms with Gasteiger partial charge < -0.3 is 9.84 Å². The zero-order chi connectivity index (χ0) is 14.8. The molecule has 0 aliphatic heterocycles. The minimum Gasteiger partial charge on any atom is -0.496 e. The van der Waals surface area contributed by atoms with Crippen molar-refractivity contribution in [3.05, 3.63) is 45.6 Å². The molecule has 0 atom stereocenters. The fraction of sp³-hybridized carbons (Fsp3) is 0.231. The Labute approximate surface area is 121 Å². The van der Waals surface area contributed by atoms with Gasteiger partial charge in [-0.2, -0.15) is 0 Å². The summed E-state index contributed by atoms with van der Waals surface area (Å²) in [7, 11) is -2.09. The van der Waals surface area contributed by atoms with Crippen molar-refractivity contribution in [1.82, 2.24) is 0 Å². The van der Waals surface area contributed by atoms with Crippen molar-refractivity contribution in [3.63, 3.8) is 0 Å². The molecule has 0 bridgehead atoms. The van der Waals surface area contributed by atoms with Crippen LogP contribution in [0.2, 0.25) is 0 Å². The molecule has 0 aliphatic rings. The number of nitrogens with two attached hydrogens (primary N) is 1. The maximum absolute atomic E-state index is 11.2. The van der Waals surface area contributed by atoms with Gasteiger partial charge in [0.05, 0.1) is 18.6 Å². The normalized spacial score (nSPS) is 11.6. The van der Waals surface area contributed by atoms with Crippen molar-refractivity contribution in [3.8, 4) is 5.75 Å². The van der Waals surface area contributed by atoms with Crippen molar-refractivity contribution in [2.45, 2.75) is 17.9 Å². The molecule has 0 aliphatic carbocycles. The molecular formula is C13H15NO4S2. The zero-order valence-corrected chi connectivity index (χ0v) is 12.5. The van der Waals surface area contributed by atoms with E-state index in [4.69, 9.17) is 15.0 Å². The first-order chi connectivity index (χ1) is 9.44. The third-order valence-corrected chi connectivity index (χ3v) is 4.84. The van der Waals surface area contributed by atoms with Gasteiger partial charge in [-0.3, -0.25) is 0 Å². The predicted molar refractivity (Wildman–Crippen MR) is 77.4 cm³/mol. The topological polar surface area (TPSA) is 89.6 Å². The molecule has 2 aromatic rings. The highest BCUT2D eigenvalue weighted by atomic mass is 32.2. The Balaban J connectivity index is 2.28. The molecule has 5 nitrogen and oxygen atoms in total. The summed E-state index contributed by atoms with van der Waals surface area (Å²) >= 11 is 1.34. The minimum absolute atomic E-state index is 0.0504. The smallest absolute Gasteiger partial charge is 0.238 e. The van der Waals surface area contributed by atoms with Crippen molar-refractivity contribution in [2.24, 2.45) is 5.14 Å². The second kappa shape index (κ2) is 5.92. The molecule has 0 amide bonds. The summed E-state index contributed by atoms with van der Waals surface area (Å²) in [5.74, 6) is 0.669. The number of benzene rings is 1. The fourth-order valence-corrected chi connectivity index (χ4v) is 3.65. The number of aliphatic hydroxyl groups excluding tert-OH is 1. The number of methoxy groups -OCH3 is 1. The molecule has 1 aromatic heterocycles. The van der Waals surface area contributed by atoms with E-state index in [1.807, 2.05) is 12.1 Å². The lowest BCUT2D eigenvalue weighted by atomic mass is 10.1. The van der Waals surface area contributed by atoms with Gasteiger partial charge in [-0.25, -0.2) is 13.6 Å². The number of hydrogen-bond acceptors (Lipinski definition) is 5. The number of sulfonamides is 1. The highest BCUT2D eigenvalue weighted by Crippen LogP contribution is 2.27. The molecule has 0 fully saturated rings. The summed E-state index contributed by atoms with van der Waals surface area (Å²) < 4.78 is 27.8. The van der Waals surface area contributed by atoms with Gasteiger partial charge in [-0.1, -0.05) is 12.1 Å². The van der Waals surface area contributed by atoms with E-state index in [1.165, 1.54) is 16.7 Å². The highest BCUT2D eigenvalue weighted by Gasteiger charge is 2.12. The van der Waals surface area contributed by atoms with Crippen LogP contribution >= 0.6 is 11.3 Å². The molecule has 0 radical (unpaired) electrons. The van der Waals surface area contributed by atoms with Gasteiger partial charge in [0.25, 0.3) is 0 Å². The lowest BCUT2D eigenvalue weighted by Crippen LogP contribution is -2.10. The molecule has 0 saturated heterocycles. The Bertz CT molecular complexity index is 707. The van der Waals surface area contributed by atoms with Crippen LogP contribution in [0.25, 0.3) is 0 Å². The van der Waals surface area contributed by atoms with Crippen LogP contribution in [0.4, 0.5) is 0 Å². The standard InChI is InChI=1S/C13H15NO4S2/c1-18-13-4-9(7-15)2-3-10(13)5-11-6-12(8-19-11)20(14,16)17/h2-4,6,8,15H,5,7H2,1H3,(H2,14,16,17). The Morgan fingerprint density at radius 3 is 2.65 bits per heavy atom. The SMILES string of the molecule is COc1cc(CO)ccc1Cc1cc(S(N)(=O)=O)cs1. The molecule has 0 unspecified atom stereocenters. The van der Waals surface area contributed by atoms with Crippen LogP contribution in [0, 0.1) is 0 Å². The summed E-state index contributed by atoms with van der Waals surface area (Å²) in [6.45, 7) is -0.0504. The molecule has 1 heterocycles. The Morgan fingerprint density at radius 1 is 1.35 bits per heavy atom. The van der Waals surface area contributed by atoms with Crippen molar-refractivity contribution >= 4 is 21.4 Å². The molecule has 1 aromatic carbocycles. The van der Waals surface area contributed by atoms with Gasteiger partial charge in [-0.15, -0.1) is 11.3 Å². The third-order valence-electron chi connectivity index (χ3n) is 2.86. The maximum atomic E-state index is 11.2. The number of primary sulfonamides is 1. The molecule has 108 valence electrons. The van der Waals surface area contributed by atoms with E-state index >= 15 is 0 Å². The van der Waals surface area contributed by atoms with Gasteiger partial charge in [0.2, 0.25) is 10.0 Å². The van der Waals surface area contributed by atoms with Gasteiger partial charge in [0, 0.05) is 16.7 Å². The van der Waals surface area contributed by atoms with Gasteiger partial charge in [-0.05, 0) is 23.3 Å². The molecule has 0 spiro atoms. The summed E-state index contributed by atoms with van der Waals surface area (Å²) in [4.78, 5) is 1.01. The van der Waals surface area contributed by atoms with Crippen LogP contribution in [0.3, 0.4) is 0 Å². The van der Waals surface area contributed by atoms with Crippen molar-refractivity contribution < 1.29 is 18.3 Å². The van der Waals surface area contributed by atoms with Gasteiger partial charge >= 0.3 is 0 Å². The number of aliphatic hydroxyl groups is 1. The van der Waals surface area contributed by atoms with E-state index < -0.39 is 10.0 Å². The first-order valence-corrected chi connectivity index (χ1v) is 8.23. The van der Waals surface area contributed by atoms with E-state index in [-0.39, 0.29) is 11.5 Å². The van der Waals surface area contributed by atoms with E-state index in [9.17, 15) is 8.42 Å². The Kier molecular flexibility index (Phi) is 4.44. The lowest BCUT2D eigenvalue weighted by Gasteiger charge is -2.09. The van der Waals surface area contributed by atoms with Crippen LogP contribution in [0.1, 0.15) is 16.0 Å². The fourth-order valence-electron chi connectivity index (χ4n) is 1.82. The molecule has 2 rings (SSSR count). The van der Waals surface area contributed by atoms with Crippen LogP contribution in [-0.4, -0.2) is 20.6 Å². The summed E-state index contributed by atoms with van der Waals surface area (Å²) in [6, 6.07) is 7.01. The number of ether oxygens (including phenoxy) is 1. The largest absolute Gasteiger partial charge is 0.496 e. The number of thiophene rings is 1. The molecule has 20 heavy (non-hydrogen) atoms. The predicted octanol–water partition coefficient (Wildman–Crippen LogP) is 1.49. The van der Waals surface area contributed by atoms with Gasteiger partial charge in [0.15, 0.2) is 0 Å². The van der Waals surface area contributed by atoms with E-state index in [0.29, 0.717) is 12.2 Å². The zero-order valence-electron chi connectivity index (χ0n) is 10.9. The minimum atomic E-state index is -3.65.